The Kier molecular flexibility index (Phi) is 2.15. The molecule has 0 aromatic rings. The minimum atomic E-state index is 0.720. The molecule has 0 unspecified atom stereocenters. The topological polar surface area (TPSA) is 9.23 Å². The molecular weight excluding hydrogens is 168 g/mol. The van der Waals surface area contributed by atoms with Crippen LogP contribution in [-0.2, 0) is 4.74 Å². The lowest BCUT2D eigenvalue weighted by molar-refractivity contribution is 0.284. The molecule has 1 nitrogen and oxygen atoms in total. The largest absolute Gasteiger partial charge is 0.497 e. The van der Waals surface area contributed by atoms with E-state index < -0.39 is 0 Å². The molecule has 0 spiro atoms. The van der Waals surface area contributed by atoms with E-state index in [4.69, 9.17) is 4.74 Å². The molecule has 0 bridgehead atoms. The van der Waals surface area contributed by atoms with E-state index in [0.717, 1.165) is 11.9 Å². The summed E-state index contributed by atoms with van der Waals surface area (Å²) in [6.45, 7) is 0.720. The Morgan fingerprint density at radius 3 is 3.00 bits per heavy atom. The zero-order valence-electron chi connectivity index (χ0n) is 4.43. The van der Waals surface area contributed by atoms with Crippen LogP contribution < -0.4 is 0 Å². The standard InChI is InChI=1S/C6H7BrO/c7-5-6-1-3-8-4-2-6/h1-3H,4-5H2. The van der Waals surface area contributed by atoms with Crippen LogP contribution in [0.15, 0.2) is 24.0 Å². The second-order valence-corrected chi connectivity index (χ2v) is 2.11. The summed E-state index contributed by atoms with van der Waals surface area (Å²) in [7, 11) is 0. The summed E-state index contributed by atoms with van der Waals surface area (Å²) in [4.78, 5) is 0. The minimum Gasteiger partial charge on any atom is -0.497 e. The van der Waals surface area contributed by atoms with Crippen molar-refractivity contribution < 1.29 is 4.74 Å². The van der Waals surface area contributed by atoms with Crippen molar-refractivity contribution in [2.75, 3.05) is 11.9 Å². The number of rotatable bonds is 1. The second kappa shape index (κ2) is 2.92. The van der Waals surface area contributed by atoms with Crippen LogP contribution in [0.5, 0.6) is 0 Å². The van der Waals surface area contributed by atoms with Crippen LogP contribution in [0.4, 0.5) is 0 Å². The van der Waals surface area contributed by atoms with Crippen molar-refractivity contribution in [2.24, 2.45) is 0 Å². The Morgan fingerprint density at radius 1 is 1.75 bits per heavy atom. The van der Waals surface area contributed by atoms with Crippen molar-refractivity contribution >= 4 is 15.9 Å². The molecule has 0 radical (unpaired) electrons. The van der Waals surface area contributed by atoms with Gasteiger partial charge in [-0.3, -0.25) is 0 Å². The van der Waals surface area contributed by atoms with Crippen molar-refractivity contribution in [3.8, 4) is 0 Å². The van der Waals surface area contributed by atoms with Gasteiger partial charge in [0.1, 0.15) is 6.61 Å². The van der Waals surface area contributed by atoms with Crippen LogP contribution in [-0.4, -0.2) is 11.9 Å². The highest BCUT2D eigenvalue weighted by Crippen LogP contribution is 2.05. The molecule has 0 atom stereocenters. The van der Waals surface area contributed by atoms with Gasteiger partial charge in [0.2, 0.25) is 0 Å². The van der Waals surface area contributed by atoms with Gasteiger partial charge in [-0.15, -0.1) is 0 Å². The SMILES string of the molecule is BrCC1=CCOC=C1. The van der Waals surface area contributed by atoms with Gasteiger partial charge >= 0.3 is 0 Å². The maximum atomic E-state index is 4.92. The van der Waals surface area contributed by atoms with Crippen molar-refractivity contribution in [1.82, 2.24) is 0 Å². The highest BCUT2D eigenvalue weighted by Gasteiger charge is 1.92. The van der Waals surface area contributed by atoms with E-state index in [2.05, 4.69) is 22.0 Å². The third-order valence-electron chi connectivity index (χ3n) is 0.974. The number of allylic oxidation sites excluding steroid dienone is 2. The van der Waals surface area contributed by atoms with Crippen LogP contribution in [0.2, 0.25) is 0 Å². The molecular formula is C6H7BrO. The highest BCUT2D eigenvalue weighted by molar-refractivity contribution is 9.09. The lowest BCUT2D eigenvalue weighted by Crippen LogP contribution is -1.91. The molecule has 1 aliphatic rings. The first kappa shape index (κ1) is 5.89. The fourth-order valence-electron chi connectivity index (χ4n) is 0.513. The molecule has 1 aliphatic heterocycles. The quantitative estimate of drug-likeness (QED) is 0.552. The molecule has 0 N–H and O–H groups in total. The fourth-order valence-corrected chi connectivity index (χ4v) is 0.929. The van der Waals surface area contributed by atoms with E-state index >= 15 is 0 Å². The predicted octanol–water partition coefficient (Wildman–Crippen LogP) is 1.85. The summed E-state index contributed by atoms with van der Waals surface area (Å²) in [6.07, 6.45) is 5.73. The van der Waals surface area contributed by atoms with E-state index in [0.29, 0.717) is 0 Å². The van der Waals surface area contributed by atoms with Crippen LogP contribution in [0.3, 0.4) is 0 Å². The molecule has 0 aromatic heterocycles. The van der Waals surface area contributed by atoms with Gasteiger partial charge in [0.15, 0.2) is 0 Å². The van der Waals surface area contributed by atoms with E-state index in [9.17, 15) is 0 Å². The first-order valence-electron chi connectivity index (χ1n) is 2.46. The number of alkyl halides is 1. The van der Waals surface area contributed by atoms with Gasteiger partial charge in [-0.2, -0.15) is 0 Å². The highest BCUT2D eigenvalue weighted by atomic mass is 79.9. The van der Waals surface area contributed by atoms with Crippen molar-refractivity contribution in [2.45, 2.75) is 0 Å². The van der Waals surface area contributed by atoms with E-state index in [1.165, 1.54) is 5.57 Å². The molecule has 0 aliphatic carbocycles. The summed E-state index contributed by atoms with van der Waals surface area (Å²) in [5, 5.41) is 0.923. The smallest absolute Gasteiger partial charge is 0.106 e. The molecule has 2 heteroatoms. The summed E-state index contributed by atoms with van der Waals surface area (Å²) < 4.78 is 4.92. The Morgan fingerprint density at radius 2 is 2.62 bits per heavy atom. The zero-order valence-corrected chi connectivity index (χ0v) is 6.02. The van der Waals surface area contributed by atoms with Crippen LogP contribution in [0, 0.1) is 0 Å². The van der Waals surface area contributed by atoms with E-state index in [-0.39, 0.29) is 0 Å². The lowest BCUT2D eigenvalue weighted by atomic mass is 10.3. The van der Waals surface area contributed by atoms with Gasteiger partial charge in [0, 0.05) is 5.33 Å². The number of ether oxygens (including phenoxy) is 1. The molecule has 1 rings (SSSR count). The number of hydrogen-bond acceptors (Lipinski definition) is 1. The Balaban J connectivity index is 2.51. The predicted molar refractivity (Wildman–Crippen MR) is 37.0 cm³/mol. The first-order valence-corrected chi connectivity index (χ1v) is 3.59. The van der Waals surface area contributed by atoms with Crippen molar-refractivity contribution in [1.29, 1.82) is 0 Å². The van der Waals surface area contributed by atoms with E-state index in [1.807, 2.05) is 6.08 Å². The van der Waals surface area contributed by atoms with Crippen LogP contribution in [0.1, 0.15) is 0 Å². The molecule has 0 saturated carbocycles. The average molecular weight is 175 g/mol. The Labute approximate surface area is 57.2 Å². The molecule has 0 fully saturated rings. The molecule has 0 saturated heterocycles. The molecule has 0 aromatic carbocycles. The summed E-state index contributed by atoms with van der Waals surface area (Å²) in [6, 6.07) is 0. The molecule has 1 heterocycles. The van der Waals surface area contributed by atoms with Gasteiger partial charge in [-0.25, -0.2) is 0 Å². The maximum absolute atomic E-state index is 4.92. The summed E-state index contributed by atoms with van der Waals surface area (Å²) in [5.41, 5.74) is 1.29. The maximum Gasteiger partial charge on any atom is 0.106 e. The monoisotopic (exact) mass is 174 g/mol. The third-order valence-corrected chi connectivity index (χ3v) is 1.62. The molecule has 44 valence electrons. The summed E-state index contributed by atoms with van der Waals surface area (Å²) in [5.74, 6) is 0. The van der Waals surface area contributed by atoms with Crippen LogP contribution >= 0.6 is 15.9 Å². The van der Waals surface area contributed by atoms with Crippen molar-refractivity contribution in [3.63, 3.8) is 0 Å². The lowest BCUT2D eigenvalue weighted by Gasteiger charge is -2.02. The van der Waals surface area contributed by atoms with Gasteiger partial charge in [0.05, 0.1) is 6.26 Å². The molecule has 0 amide bonds. The van der Waals surface area contributed by atoms with E-state index in [1.54, 1.807) is 6.26 Å². The van der Waals surface area contributed by atoms with Crippen LogP contribution in [0.25, 0.3) is 0 Å². The van der Waals surface area contributed by atoms with Gasteiger partial charge < -0.3 is 4.74 Å². The second-order valence-electron chi connectivity index (χ2n) is 1.55. The normalized spacial score (nSPS) is 17.4. The molecule has 8 heavy (non-hydrogen) atoms. The average Bonchev–Trinajstić information content (AvgIpc) is 1.90. The minimum absolute atomic E-state index is 0.720. The first-order chi connectivity index (χ1) is 3.93. The van der Waals surface area contributed by atoms with Gasteiger partial charge in [0.25, 0.3) is 0 Å². The Bertz CT molecular complexity index is 126. The van der Waals surface area contributed by atoms with Gasteiger partial charge in [-0.1, -0.05) is 15.9 Å². The zero-order chi connectivity index (χ0) is 5.82. The number of hydrogen-bond donors (Lipinski definition) is 0. The summed E-state index contributed by atoms with van der Waals surface area (Å²) >= 11 is 3.34. The van der Waals surface area contributed by atoms with Gasteiger partial charge in [-0.05, 0) is 17.7 Å². The third kappa shape index (κ3) is 1.37. The number of halogens is 1. The fraction of sp³-hybridized carbons (Fsp3) is 0.333. The Hall–Kier alpha value is -0.240. The van der Waals surface area contributed by atoms with Crippen molar-refractivity contribution in [3.05, 3.63) is 24.0 Å².